The third kappa shape index (κ3) is 6.14. The van der Waals surface area contributed by atoms with Gasteiger partial charge in [-0.2, -0.15) is 0 Å². The van der Waals surface area contributed by atoms with Crippen molar-refractivity contribution in [1.29, 1.82) is 0 Å². The van der Waals surface area contributed by atoms with Crippen LogP contribution in [0.5, 0.6) is 0 Å². The van der Waals surface area contributed by atoms with Crippen LogP contribution in [-0.4, -0.2) is 51.3 Å². The smallest absolute Gasteiger partial charge is 0.249 e. The van der Waals surface area contributed by atoms with Crippen molar-refractivity contribution in [1.82, 2.24) is 4.90 Å². The number of amides is 1. The fourth-order valence-corrected chi connectivity index (χ4v) is 0.637. The molecule has 4 heteroatoms. The summed E-state index contributed by atoms with van der Waals surface area (Å²) in [5, 5.41) is 0. The molecule has 0 rings (SSSR count). The van der Waals surface area contributed by atoms with Crippen LogP contribution in [0, 0.1) is 12.3 Å². The van der Waals surface area contributed by atoms with E-state index < -0.39 is 0 Å². The first-order chi connectivity index (χ1) is 6.22. The molecular weight excluding hydrogens is 170 g/mol. The molecule has 0 aliphatic carbocycles. The maximum atomic E-state index is 11.2. The van der Waals surface area contributed by atoms with Crippen LogP contribution >= 0.6 is 0 Å². The monoisotopic (exact) mass is 185 g/mol. The SMILES string of the molecule is C#CCN(C)C(=O)COCCOC. The van der Waals surface area contributed by atoms with Gasteiger partial charge >= 0.3 is 0 Å². The Bertz CT molecular complexity index is 186. The van der Waals surface area contributed by atoms with Crippen molar-refractivity contribution >= 4 is 5.91 Å². The summed E-state index contributed by atoms with van der Waals surface area (Å²) < 4.78 is 9.77. The summed E-state index contributed by atoms with van der Waals surface area (Å²) in [4.78, 5) is 12.6. The van der Waals surface area contributed by atoms with Gasteiger partial charge < -0.3 is 14.4 Å². The van der Waals surface area contributed by atoms with Crippen molar-refractivity contribution in [3.8, 4) is 12.3 Å². The Kier molecular flexibility index (Phi) is 6.98. The summed E-state index contributed by atoms with van der Waals surface area (Å²) in [6, 6.07) is 0. The molecule has 0 aromatic rings. The predicted octanol–water partition coefficient (Wildman–Crippen LogP) is -0.259. The third-order valence-electron chi connectivity index (χ3n) is 1.41. The van der Waals surface area contributed by atoms with Crippen LogP contribution in [-0.2, 0) is 14.3 Å². The number of nitrogens with zero attached hydrogens (tertiary/aromatic N) is 1. The molecule has 0 fully saturated rings. The minimum Gasteiger partial charge on any atom is -0.382 e. The van der Waals surface area contributed by atoms with Crippen LogP contribution in [0.3, 0.4) is 0 Å². The molecule has 0 unspecified atom stereocenters. The molecule has 0 aliphatic heterocycles. The molecule has 0 atom stereocenters. The molecule has 0 saturated heterocycles. The van der Waals surface area contributed by atoms with Gasteiger partial charge in [0.25, 0.3) is 0 Å². The molecule has 0 bridgehead atoms. The van der Waals surface area contributed by atoms with Crippen molar-refractivity contribution < 1.29 is 14.3 Å². The van der Waals surface area contributed by atoms with Crippen molar-refractivity contribution in [3.05, 3.63) is 0 Å². The highest BCUT2D eigenvalue weighted by Crippen LogP contribution is 1.85. The van der Waals surface area contributed by atoms with Gasteiger partial charge in [0.05, 0.1) is 19.8 Å². The van der Waals surface area contributed by atoms with Gasteiger partial charge in [-0.1, -0.05) is 5.92 Å². The summed E-state index contributed by atoms with van der Waals surface area (Å²) in [6.45, 7) is 1.28. The van der Waals surface area contributed by atoms with Crippen LogP contribution in [0.1, 0.15) is 0 Å². The number of hydrogen-bond acceptors (Lipinski definition) is 3. The van der Waals surface area contributed by atoms with Crippen molar-refractivity contribution in [2.75, 3.05) is 40.5 Å². The zero-order chi connectivity index (χ0) is 10.1. The van der Waals surface area contributed by atoms with E-state index in [1.807, 2.05) is 0 Å². The number of carbonyl (C=O) groups excluding carboxylic acids is 1. The molecule has 1 amide bonds. The van der Waals surface area contributed by atoms with Gasteiger partial charge in [-0.15, -0.1) is 6.42 Å². The summed E-state index contributed by atoms with van der Waals surface area (Å²) in [6.07, 6.45) is 5.04. The molecule has 0 aromatic heterocycles. The lowest BCUT2D eigenvalue weighted by Crippen LogP contribution is -2.30. The second kappa shape index (κ2) is 7.59. The number of terminal acetylenes is 1. The molecule has 4 nitrogen and oxygen atoms in total. The van der Waals surface area contributed by atoms with E-state index in [0.717, 1.165) is 0 Å². The van der Waals surface area contributed by atoms with E-state index in [-0.39, 0.29) is 12.5 Å². The fourth-order valence-electron chi connectivity index (χ4n) is 0.637. The first-order valence-corrected chi connectivity index (χ1v) is 3.96. The zero-order valence-electron chi connectivity index (χ0n) is 8.08. The standard InChI is InChI=1S/C9H15NO3/c1-4-5-10(2)9(11)8-13-7-6-12-3/h1H,5-8H2,2-3H3. The summed E-state index contributed by atoms with van der Waals surface area (Å²) >= 11 is 0. The lowest BCUT2D eigenvalue weighted by molar-refractivity contribution is -0.134. The average Bonchev–Trinajstić information content (AvgIpc) is 2.12. The second-order valence-electron chi connectivity index (χ2n) is 2.50. The lowest BCUT2D eigenvalue weighted by Gasteiger charge is -2.13. The number of hydrogen-bond donors (Lipinski definition) is 0. The molecular formula is C9H15NO3. The first kappa shape index (κ1) is 11.9. The Balaban J connectivity index is 3.45. The van der Waals surface area contributed by atoms with E-state index in [1.165, 1.54) is 4.90 Å². The minimum absolute atomic E-state index is 0.0571. The molecule has 0 aromatic carbocycles. The van der Waals surface area contributed by atoms with E-state index in [2.05, 4.69) is 5.92 Å². The normalized spacial score (nSPS) is 9.31. The van der Waals surface area contributed by atoms with Crippen molar-refractivity contribution in [2.45, 2.75) is 0 Å². The van der Waals surface area contributed by atoms with Gasteiger partial charge in [-0.05, 0) is 0 Å². The molecule has 74 valence electrons. The Morgan fingerprint density at radius 3 is 2.77 bits per heavy atom. The maximum absolute atomic E-state index is 11.2. The highest BCUT2D eigenvalue weighted by molar-refractivity contribution is 5.77. The molecule has 0 N–H and O–H groups in total. The first-order valence-electron chi connectivity index (χ1n) is 3.96. The second-order valence-corrected chi connectivity index (χ2v) is 2.50. The van der Waals surface area contributed by atoms with Crippen LogP contribution in [0.2, 0.25) is 0 Å². The molecule has 13 heavy (non-hydrogen) atoms. The lowest BCUT2D eigenvalue weighted by atomic mass is 10.5. The Morgan fingerprint density at radius 1 is 1.54 bits per heavy atom. The van der Waals surface area contributed by atoms with Crippen LogP contribution in [0.4, 0.5) is 0 Å². The Hall–Kier alpha value is -1.05. The van der Waals surface area contributed by atoms with Crippen LogP contribution in [0.25, 0.3) is 0 Å². The summed E-state index contributed by atoms with van der Waals surface area (Å²) in [5.74, 6) is 2.26. The maximum Gasteiger partial charge on any atom is 0.249 e. The molecule has 0 spiro atoms. The van der Waals surface area contributed by atoms with Gasteiger partial charge in [0, 0.05) is 14.2 Å². The number of carbonyl (C=O) groups is 1. The van der Waals surface area contributed by atoms with Gasteiger partial charge in [0.2, 0.25) is 5.91 Å². The molecule has 0 aliphatic rings. The topological polar surface area (TPSA) is 38.8 Å². The molecule has 0 radical (unpaired) electrons. The highest BCUT2D eigenvalue weighted by atomic mass is 16.5. The Morgan fingerprint density at radius 2 is 2.23 bits per heavy atom. The average molecular weight is 185 g/mol. The minimum atomic E-state index is -0.117. The molecule has 0 heterocycles. The van der Waals surface area contributed by atoms with Crippen molar-refractivity contribution in [2.24, 2.45) is 0 Å². The highest BCUT2D eigenvalue weighted by Gasteiger charge is 2.06. The number of rotatable bonds is 6. The van der Waals surface area contributed by atoms with Crippen LogP contribution < -0.4 is 0 Å². The number of ether oxygens (including phenoxy) is 2. The van der Waals surface area contributed by atoms with Gasteiger partial charge in [-0.25, -0.2) is 0 Å². The number of methoxy groups -OCH3 is 1. The number of likely N-dealkylation sites (N-methyl/N-ethyl adjacent to an activating group) is 1. The predicted molar refractivity (Wildman–Crippen MR) is 49.2 cm³/mol. The van der Waals surface area contributed by atoms with E-state index in [0.29, 0.717) is 19.8 Å². The Labute approximate surface area is 78.8 Å². The zero-order valence-corrected chi connectivity index (χ0v) is 8.08. The van der Waals surface area contributed by atoms with Crippen LogP contribution in [0.15, 0.2) is 0 Å². The fraction of sp³-hybridized carbons (Fsp3) is 0.667. The largest absolute Gasteiger partial charge is 0.382 e. The van der Waals surface area contributed by atoms with E-state index in [9.17, 15) is 4.79 Å². The summed E-state index contributed by atoms with van der Waals surface area (Å²) in [5.41, 5.74) is 0. The van der Waals surface area contributed by atoms with Gasteiger partial charge in [0.15, 0.2) is 0 Å². The van der Waals surface area contributed by atoms with E-state index in [1.54, 1.807) is 14.2 Å². The van der Waals surface area contributed by atoms with E-state index >= 15 is 0 Å². The quantitative estimate of drug-likeness (QED) is 0.423. The summed E-state index contributed by atoms with van der Waals surface area (Å²) in [7, 11) is 3.22. The van der Waals surface area contributed by atoms with Gasteiger partial charge in [-0.3, -0.25) is 4.79 Å². The van der Waals surface area contributed by atoms with E-state index in [4.69, 9.17) is 15.9 Å². The molecule has 0 saturated carbocycles. The van der Waals surface area contributed by atoms with Crippen molar-refractivity contribution in [3.63, 3.8) is 0 Å². The van der Waals surface area contributed by atoms with Gasteiger partial charge in [0.1, 0.15) is 6.61 Å². The third-order valence-corrected chi connectivity index (χ3v) is 1.41.